The van der Waals surface area contributed by atoms with Gasteiger partial charge in [-0.15, -0.1) is 23.5 Å². The first-order valence-electron chi connectivity index (χ1n) is 17.5. The normalized spacial score (nSPS) is 18.7. The van der Waals surface area contributed by atoms with Gasteiger partial charge in [0.2, 0.25) is 23.5 Å². The molecule has 51 heavy (non-hydrogen) atoms. The minimum atomic E-state index is -1.21. The molecule has 4 N–H and O–H groups in total. The number of carbonyl (C=O) groups excluding carboxylic acids is 7. The molecule has 2 unspecified atom stereocenters. The molecule has 0 bridgehead atoms. The van der Waals surface area contributed by atoms with E-state index >= 15 is 0 Å². The van der Waals surface area contributed by atoms with Crippen LogP contribution >= 0.6 is 23.5 Å². The molecule has 1 aromatic carbocycles. The number of carbonyl (C=O) groups is 7. The molecule has 2 aliphatic heterocycles. The van der Waals surface area contributed by atoms with E-state index in [0.717, 1.165) is 17.9 Å². The van der Waals surface area contributed by atoms with Gasteiger partial charge in [0, 0.05) is 13.0 Å². The van der Waals surface area contributed by atoms with Gasteiger partial charge in [-0.3, -0.25) is 28.8 Å². The smallest absolute Gasteiger partial charge is 0.407 e. The molecule has 15 heteroatoms. The molecule has 4 atom stereocenters. The maximum Gasteiger partial charge on any atom is 0.407 e. The predicted molar refractivity (Wildman–Crippen MR) is 198 cm³/mol. The summed E-state index contributed by atoms with van der Waals surface area (Å²) >= 11 is 3.40. The van der Waals surface area contributed by atoms with Crippen molar-refractivity contribution in [3.05, 3.63) is 35.9 Å². The van der Waals surface area contributed by atoms with Crippen LogP contribution in [0.15, 0.2) is 30.3 Å². The quantitative estimate of drug-likeness (QED) is 0.195. The molecule has 3 rings (SSSR count). The van der Waals surface area contributed by atoms with Crippen LogP contribution in [0.3, 0.4) is 0 Å². The van der Waals surface area contributed by atoms with Crippen LogP contribution in [-0.2, 0) is 33.5 Å². The summed E-state index contributed by atoms with van der Waals surface area (Å²) in [5, 5.41) is 10.4. The molecule has 2 saturated heterocycles. The number of amides is 5. The van der Waals surface area contributed by atoms with Gasteiger partial charge in [-0.25, -0.2) is 4.79 Å². The van der Waals surface area contributed by atoms with Crippen molar-refractivity contribution in [2.75, 3.05) is 31.2 Å². The molecule has 1 spiro atoms. The van der Waals surface area contributed by atoms with Crippen molar-refractivity contribution in [3.63, 3.8) is 0 Å². The van der Waals surface area contributed by atoms with E-state index in [4.69, 9.17) is 4.74 Å². The molecular formula is C36H53N5O8S2. The van der Waals surface area contributed by atoms with Gasteiger partial charge in [0.05, 0.1) is 23.3 Å². The Morgan fingerprint density at radius 3 is 2.20 bits per heavy atom. The molecule has 0 aromatic heterocycles. The number of nitrogens with one attached hydrogen (secondary N) is 4. The predicted octanol–water partition coefficient (Wildman–Crippen LogP) is 3.37. The number of thioether (sulfide) groups is 2. The summed E-state index contributed by atoms with van der Waals surface area (Å²) in [5.41, 5.74) is -0.151. The average Bonchev–Trinajstić information content (AvgIpc) is 3.45. The summed E-state index contributed by atoms with van der Waals surface area (Å²) < 4.78 is 4.87. The number of alkyl carbamates (subject to hydrolysis) is 1. The van der Waals surface area contributed by atoms with E-state index in [9.17, 15) is 33.6 Å². The number of likely N-dealkylation sites (tertiary alicyclic amines) is 1. The van der Waals surface area contributed by atoms with E-state index < -0.39 is 75.7 Å². The topological polar surface area (TPSA) is 180 Å². The van der Waals surface area contributed by atoms with Crippen molar-refractivity contribution in [1.82, 2.24) is 26.2 Å². The number of rotatable bonds is 15. The van der Waals surface area contributed by atoms with Crippen molar-refractivity contribution in [3.8, 4) is 0 Å². The van der Waals surface area contributed by atoms with E-state index in [2.05, 4.69) is 21.3 Å². The highest BCUT2D eigenvalue weighted by Crippen LogP contribution is 2.50. The fourth-order valence-electron chi connectivity index (χ4n) is 5.86. The molecule has 13 nitrogen and oxygen atoms in total. The van der Waals surface area contributed by atoms with E-state index in [0.29, 0.717) is 18.4 Å². The maximum absolute atomic E-state index is 14.3. The Morgan fingerprint density at radius 1 is 0.980 bits per heavy atom. The SMILES string of the molecule is CCCC(NC(=O)C1CC2(CN1C(=O)[C@@H](NC(=O)OCC(C)C)C(C)(C)C)SCCCS2)C(=O)C(=O)NCC(=O)N[C@H](C(C)=O)c1ccccc1. The number of nitrogens with zero attached hydrogens (tertiary/aromatic N) is 1. The van der Waals surface area contributed by atoms with Crippen molar-refractivity contribution >= 4 is 64.8 Å². The summed E-state index contributed by atoms with van der Waals surface area (Å²) in [6.45, 7) is 12.3. The first-order valence-corrected chi connectivity index (χ1v) is 19.4. The summed E-state index contributed by atoms with van der Waals surface area (Å²) in [7, 11) is 0. The van der Waals surface area contributed by atoms with Gasteiger partial charge in [-0.1, -0.05) is 78.3 Å². The standard InChI is InChI=1S/C36H53N5O8S2/c1-8-13-25(29(44)32(46)37-19-27(43)39-28(23(4)42)24-14-10-9-11-15-24)38-31(45)26-18-36(50-16-12-17-51-36)21-41(26)33(47)30(35(5,6)7)40-34(48)49-20-22(2)3/h9-11,14-15,22,25-26,28,30H,8,12-13,16-21H2,1-7H3,(H,37,46)(H,38,45)(H,39,43)(H,40,48)/t25?,26?,28-,30-/m1/s1. The zero-order valence-electron chi connectivity index (χ0n) is 30.7. The van der Waals surface area contributed by atoms with Crippen molar-refractivity contribution in [2.24, 2.45) is 11.3 Å². The number of ether oxygens (including phenoxy) is 1. The van der Waals surface area contributed by atoms with E-state index in [1.165, 1.54) is 11.8 Å². The van der Waals surface area contributed by atoms with Gasteiger partial charge in [0.15, 0.2) is 5.78 Å². The molecule has 0 radical (unpaired) electrons. The zero-order chi connectivity index (χ0) is 37.9. The Morgan fingerprint density at radius 2 is 1.63 bits per heavy atom. The van der Waals surface area contributed by atoms with Crippen LogP contribution in [0.2, 0.25) is 0 Å². The Labute approximate surface area is 309 Å². The lowest BCUT2D eigenvalue weighted by Gasteiger charge is -2.36. The molecule has 5 amide bonds. The molecular weight excluding hydrogens is 695 g/mol. The lowest BCUT2D eigenvalue weighted by molar-refractivity contribution is -0.144. The van der Waals surface area contributed by atoms with Crippen LogP contribution in [0.1, 0.15) is 85.8 Å². The zero-order valence-corrected chi connectivity index (χ0v) is 32.3. The number of Topliss-reactive ketones (excluding diaryl/α,β-unsaturated/α-hetero) is 2. The molecule has 2 heterocycles. The van der Waals surface area contributed by atoms with E-state index in [1.54, 1.807) is 60.8 Å². The number of ketones is 2. The van der Waals surface area contributed by atoms with E-state index in [1.807, 2.05) is 34.6 Å². The van der Waals surface area contributed by atoms with E-state index in [-0.39, 0.29) is 31.3 Å². The minimum Gasteiger partial charge on any atom is -0.449 e. The van der Waals surface area contributed by atoms with Crippen LogP contribution in [0.4, 0.5) is 4.79 Å². The van der Waals surface area contributed by atoms with Crippen molar-refractivity contribution < 1.29 is 38.3 Å². The Bertz CT molecular complexity index is 1430. The second-order valence-corrected chi connectivity index (χ2v) is 17.7. The Balaban J connectivity index is 1.75. The van der Waals surface area contributed by atoms with Gasteiger partial charge in [0.1, 0.15) is 18.1 Å². The van der Waals surface area contributed by atoms with Gasteiger partial charge < -0.3 is 30.9 Å². The second-order valence-electron chi connectivity index (χ2n) is 14.5. The van der Waals surface area contributed by atoms with Gasteiger partial charge in [0.25, 0.3) is 5.91 Å². The highest BCUT2D eigenvalue weighted by Gasteiger charge is 2.53. The fraction of sp³-hybridized carbons (Fsp3) is 0.639. The monoisotopic (exact) mass is 747 g/mol. The summed E-state index contributed by atoms with van der Waals surface area (Å²) in [6.07, 6.45) is 1.20. The van der Waals surface area contributed by atoms with Gasteiger partial charge in [-0.2, -0.15) is 0 Å². The number of benzene rings is 1. The minimum absolute atomic E-state index is 0.100. The first kappa shape index (κ1) is 41.8. The highest BCUT2D eigenvalue weighted by atomic mass is 32.2. The number of hydrogen-bond donors (Lipinski definition) is 4. The maximum atomic E-state index is 14.3. The van der Waals surface area contributed by atoms with Crippen LogP contribution < -0.4 is 21.3 Å². The van der Waals surface area contributed by atoms with Crippen molar-refractivity contribution in [2.45, 2.75) is 102 Å². The van der Waals surface area contributed by atoms with Crippen LogP contribution in [-0.4, -0.2) is 99.6 Å². The molecule has 282 valence electrons. The largest absolute Gasteiger partial charge is 0.449 e. The van der Waals surface area contributed by atoms with Crippen LogP contribution in [0.25, 0.3) is 0 Å². The third kappa shape index (κ3) is 12.0. The molecule has 0 aliphatic carbocycles. The highest BCUT2D eigenvalue weighted by molar-refractivity contribution is 8.18. The third-order valence-electron chi connectivity index (χ3n) is 8.51. The number of hydrogen-bond acceptors (Lipinski definition) is 10. The summed E-state index contributed by atoms with van der Waals surface area (Å²) in [5.74, 6) is -2.13. The van der Waals surface area contributed by atoms with Crippen molar-refractivity contribution in [1.29, 1.82) is 0 Å². The average molecular weight is 748 g/mol. The lowest BCUT2D eigenvalue weighted by Crippen LogP contribution is -2.59. The Kier molecular flexibility index (Phi) is 15.4. The molecule has 0 saturated carbocycles. The molecule has 2 aliphatic rings. The first-order chi connectivity index (χ1) is 24.0. The molecule has 1 aromatic rings. The van der Waals surface area contributed by atoms with Crippen LogP contribution in [0, 0.1) is 11.3 Å². The van der Waals surface area contributed by atoms with Gasteiger partial charge in [-0.05, 0) is 48.2 Å². The second kappa shape index (κ2) is 18.8. The van der Waals surface area contributed by atoms with Crippen LogP contribution in [0.5, 0.6) is 0 Å². The fourth-order valence-corrected chi connectivity index (χ4v) is 9.21. The molecule has 2 fully saturated rings. The summed E-state index contributed by atoms with van der Waals surface area (Å²) in [6, 6.07) is 4.55. The lowest BCUT2D eigenvalue weighted by atomic mass is 9.85. The Hall–Kier alpha value is -3.59. The van der Waals surface area contributed by atoms with Gasteiger partial charge >= 0.3 is 6.09 Å². The summed E-state index contributed by atoms with van der Waals surface area (Å²) in [4.78, 5) is 93.8. The third-order valence-corrected chi connectivity index (χ3v) is 11.8.